The van der Waals surface area contributed by atoms with Crippen LogP contribution < -0.4 is 11.1 Å². The van der Waals surface area contributed by atoms with Crippen LogP contribution in [0.5, 0.6) is 0 Å². The molecule has 3 N–H and O–H groups in total. The maximum Gasteiger partial charge on any atom is 0.355 e. The number of oxime groups is 1. The lowest BCUT2D eigenvalue weighted by Crippen LogP contribution is -2.70. The molecule has 0 saturated carbocycles. The van der Waals surface area contributed by atoms with Crippen LogP contribution in [0.25, 0.3) is 0 Å². The molecular weight excluding hydrogens is 486 g/mol. The first kappa shape index (κ1) is 25.2. The normalized spacial score (nSPS) is 20.0. The number of nitrogens with one attached hydrogen (secondary N) is 1. The van der Waals surface area contributed by atoms with E-state index in [-0.39, 0.29) is 35.4 Å². The van der Waals surface area contributed by atoms with E-state index in [0.717, 1.165) is 11.3 Å². The number of thioether (sulfide) groups is 1. The molecule has 1 fully saturated rings. The van der Waals surface area contributed by atoms with Gasteiger partial charge in [0.1, 0.15) is 43.1 Å². The zero-order valence-electron chi connectivity index (χ0n) is 18.6. The zero-order valence-corrected chi connectivity index (χ0v) is 20.2. The van der Waals surface area contributed by atoms with Gasteiger partial charge in [-0.25, -0.2) is 9.78 Å². The summed E-state index contributed by atoms with van der Waals surface area (Å²) in [5.74, 6) is -1.73. The van der Waals surface area contributed by atoms with Crippen molar-refractivity contribution in [1.29, 1.82) is 0 Å². The maximum atomic E-state index is 12.8. The molecule has 12 nitrogen and oxygen atoms in total. The van der Waals surface area contributed by atoms with Gasteiger partial charge in [0.15, 0.2) is 10.8 Å². The number of amides is 2. The minimum absolute atomic E-state index is 0.0228. The lowest BCUT2D eigenvalue weighted by molar-refractivity contribution is -0.152. The minimum Gasteiger partial charge on any atom is -0.462 e. The van der Waals surface area contributed by atoms with E-state index in [1.165, 1.54) is 30.7 Å². The molecule has 0 spiro atoms. The fourth-order valence-electron chi connectivity index (χ4n) is 3.04. The lowest BCUT2D eigenvalue weighted by atomic mass is 10.0. The van der Waals surface area contributed by atoms with Gasteiger partial charge in [-0.15, -0.1) is 23.1 Å². The molecule has 182 valence electrons. The number of nitrogens with zero attached hydrogens (tertiary/aromatic N) is 3. The molecule has 0 bridgehead atoms. The number of rotatable bonds is 9. The molecule has 3 heterocycles. The summed E-state index contributed by atoms with van der Waals surface area (Å²) in [6.07, 6.45) is 3.23. The highest BCUT2D eigenvalue weighted by molar-refractivity contribution is 8.00. The van der Waals surface area contributed by atoms with Crippen LogP contribution in [-0.2, 0) is 33.5 Å². The van der Waals surface area contributed by atoms with Crippen LogP contribution in [0.3, 0.4) is 0 Å². The fourth-order valence-corrected chi connectivity index (χ4v) is 4.79. The topological polar surface area (TPSA) is 163 Å². The van der Waals surface area contributed by atoms with Crippen LogP contribution >= 0.6 is 23.1 Å². The Hall–Kier alpha value is -3.39. The first-order valence-electron chi connectivity index (χ1n) is 9.97. The molecule has 1 aromatic rings. The average Bonchev–Trinajstić information content (AvgIpc) is 3.23. The van der Waals surface area contributed by atoms with Crippen molar-refractivity contribution in [2.45, 2.75) is 25.3 Å². The first-order valence-corrected chi connectivity index (χ1v) is 11.9. The Morgan fingerprint density at radius 2 is 2.12 bits per heavy atom. The van der Waals surface area contributed by atoms with Crippen LogP contribution in [-0.4, -0.2) is 76.8 Å². The van der Waals surface area contributed by atoms with Crippen LogP contribution in [0, 0.1) is 0 Å². The largest absolute Gasteiger partial charge is 0.462 e. The van der Waals surface area contributed by atoms with E-state index >= 15 is 0 Å². The Bertz CT molecular complexity index is 1080. The van der Waals surface area contributed by atoms with Crippen molar-refractivity contribution in [3.8, 4) is 0 Å². The zero-order chi connectivity index (χ0) is 24.8. The van der Waals surface area contributed by atoms with E-state index in [4.69, 9.17) is 20.0 Å². The van der Waals surface area contributed by atoms with Crippen LogP contribution in [0.1, 0.15) is 19.5 Å². The number of ether oxygens (including phenoxy) is 2. The first-order chi connectivity index (χ1) is 16.2. The monoisotopic (exact) mass is 509 g/mol. The quantitative estimate of drug-likeness (QED) is 0.157. The highest BCUT2D eigenvalue weighted by Crippen LogP contribution is 2.37. The molecule has 2 atom stereocenters. The molecular formula is C20H23N5O7S2. The summed E-state index contributed by atoms with van der Waals surface area (Å²) in [6, 6.07) is -0.864. The van der Waals surface area contributed by atoms with Crippen molar-refractivity contribution in [1.82, 2.24) is 15.2 Å². The molecule has 0 aliphatic carbocycles. The minimum atomic E-state index is -0.864. The number of hydrogen-bond donors (Lipinski definition) is 2. The third-order valence-corrected chi connectivity index (χ3v) is 6.51. The van der Waals surface area contributed by atoms with Gasteiger partial charge in [0.05, 0.1) is 0 Å². The van der Waals surface area contributed by atoms with Gasteiger partial charge in [-0.1, -0.05) is 5.16 Å². The molecule has 3 rings (SSSR count). The molecule has 1 unspecified atom stereocenters. The van der Waals surface area contributed by atoms with E-state index in [2.05, 4.69) is 15.5 Å². The molecule has 2 aliphatic heterocycles. The number of nitrogens with two attached hydrogens (primary N) is 1. The molecule has 1 aromatic heterocycles. The second-order valence-corrected chi connectivity index (χ2v) is 9.13. The summed E-state index contributed by atoms with van der Waals surface area (Å²) >= 11 is 2.53. The Kier molecular flexibility index (Phi) is 8.28. The van der Waals surface area contributed by atoms with Gasteiger partial charge in [0.2, 0.25) is 0 Å². The molecule has 2 aliphatic rings. The molecule has 2 amide bonds. The van der Waals surface area contributed by atoms with E-state index in [0.29, 0.717) is 11.3 Å². The number of carbonyl (C=O) groups is 4. The van der Waals surface area contributed by atoms with Gasteiger partial charge in [-0.05, 0) is 24.6 Å². The number of carbonyl (C=O) groups excluding carboxylic acids is 4. The van der Waals surface area contributed by atoms with Crippen LogP contribution in [0.15, 0.2) is 34.0 Å². The number of nitrogen functional groups attached to an aromatic ring is 1. The van der Waals surface area contributed by atoms with Gasteiger partial charge in [-0.3, -0.25) is 19.3 Å². The van der Waals surface area contributed by atoms with E-state index in [1.54, 1.807) is 24.5 Å². The van der Waals surface area contributed by atoms with Crippen molar-refractivity contribution < 1.29 is 33.5 Å². The highest BCUT2D eigenvalue weighted by atomic mass is 32.2. The number of anilines is 1. The van der Waals surface area contributed by atoms with Crippen molar-refractivity contribution in [3.05, 3.63) is 34.5 Å². The summed E-state index contributed by atoms with van der Waals surface area (Å²) < 4.78 is 10.1. The van der Waals surface area contributed by atoms with Gasteiger partial charge >= 0.3 is 11.9 Å². The van der Waals surface area contributed by atoms with Gasteiger partial charge < -0.3 is 25.4 Å². The molecule has 0 aromatic carbocycles. The van der Waals surface area contributed by atoms with Crippen molar-refractivity contribution >= 4 is 57.7 Å². The molecule has 14 heteroatoms. The Balaban J connectivity index is 1.60. The smallest absolute Gasteiger partial charge is 0.355 e. The van der Waals surface area contributed by atoms with Gasteiger partial charge in [0, 0.05) is 18.1 Å². The molecule has 0 radical (unpaired) electrons. The predicted octanol–water partition coefficient (Wildman–Crippen LogP) is 0.412. The summed E-state index contributed by atoms with van der Waals surface area (Å²) in [7, 11) is 1.28. The van der Waals surface area contributed by atoms with Crippen LogP contribution in [0.4, 0.5) is 5.13 Å². The van der Waals surface area contributed by atoms with Crippen molar-refractivity contribution in [3.63, 3.8) is 0 Å². The van der Waals surface area contributed by atoms with Crippen molar-refractivity contribution in [2.24, 2.45) is 5.16 Å². The summed E-state index contributed by atoms with van der Waals surface area (Å²) in [4.78, 5) is 59.0. The number of hydrogen-bond acceptors (Lipinski definition) is 12. The predicted molar refractivity (Wildman–Crippen MR) is 125 cm³/mol. The second-order valence-electron chi connectivity index (χ2n) is 7.10. The Labute approximate surface area is 203 Å². The Morgan fingerprint density at radius 1 is 1.35 bits per heavy atom. The Morgan fingerprint density at radius 3 is 2.76 bits per heavy atom. The summed E-state index contributed by atoms with van der Waals surface area (Å²) in [5.41, 5.74) is 6.53. The number of thiazole rings is 1. The SMILES string of the molecule is CO/N=C(\C(=O)NC1C(=O)N2C(C(=O)OC/C(C)=C/COC(C)=O)=CCS[C@H]12)c1csc(N)n1. The maximum absolute atomic E-state index is 12.8. The third-order valence-electron chi connectivity index (χ3n) is 4.65. The molecule has 34 heavy (non-hydrogen) atoms. The van der Waals surface area contributed by atoms with E-state index in [1.807, 2.05) is 0 Å². The molecule has 1 saturated heterocycles. The third kappa shape index (κ3) is 5.75. The van der Waals surface area contributed by atoms with E-state index < -0.39 is 35.2 Å². The highest BCUT2D eigenvalue weighted by Gasteiger charge is 2.53. The second kappa shape index (κ2) is 11.2. The van der Waals surface area contributed by atoms with Gasteiger partial charge in [0.25, 0.3) is 11.8 Å². The van der Waals surface area contributed by atoms with Gasteiger partial charge in [-0.2, -0.15) is 0 Å². The average molecular weight is 510 g/mol. The number of aromatic nitrogens is 1. The fraction of sp³-hybridized carbons (Fsp3) is 0.400. The lowest BCUT2D eigenvalue weighted by Gasteiger charge is -2.48. The number of fused-ring (bicyclic) bond motifs is 1. The summed E-state index contributed by atoms with van der Waals surface area (Å²) in [6.45, 7) is 3.08. The number of esters is 2. The summed E-state index contributed by atoms with van der Waals surface area (Å²) in [5, 5.41) is 7.67. The van der Waals surface area contributed by atoms with Crippen LogP contribution in [0.2, 0.25) is 0 Å². The number of β-lactam (4-membered cyclic amide) rings is 1. The standard InChI is InChI=1S/C20H23N5O7S2/c1-10(4-6-31-11(2)26)8-32-19(29)13-5-7-33-18-15(17(28)25(13)18)23-16(27)14(24-30-3)12-9-34-20(21)22-12/h4-5,9,15,18H,6-8H2,1-3H3,(H2,21,22)(H,23,27)/b10-4+,24-14-/t15?,18-/m1/s1. The van der Waals surface area contributed by atoms with E-state index in [9.17, 15) is 19.2 Å². The van der Waals surface area contributed by atoms with Crippen molar-refractivity contribution in [2.75, 3.05) is 31.8 Å².